The molecule has 0 radical (unpaired) electrons. The Morgan fingerprint density at radius 2 is 2.25 bits per heavy atom. The summed E-state index contributed by atoms with van der Waals surface area (Å²) in [5, 5.41) is 3.09. The van der Waals surface area contributed by atoms with Gasteiger partial charge in [0, 0.05) is 6.54 Å². The van der Waals surface area contributed by atoms with Crippen LogP contribution in [0.5, 0.6) is 0 Å². The predicted molar refractivity (Wildman–Crippen MR) is 34.9 cm³/mol. The fourth-order valence-corrected chi connectivity index (χ4v) is 0.387. The van der Waals surface area contributed by atoms with Crippen LogP contribution in [0.4, 0.5) is 0 Å². The van der Waals surface area contributed by atoms with Crippen LogP contribution in [0.15, 0.2) is 12.4 Å². The molecule has 0 heterocycles. The Morgan fingerprint density at radius 1 is 1.62 bits per heavy atom. The molecule has 0 atom stereocenters. The van der Waals surface area contributed by atoms with Gasteiger partial charge < -0.3 is 11.1 Å². The van der Waals surface area contributed by atoms with Crippen LogP contribution in [-0.4, -0.2) is 6.54 Å². The molecule has 0 aromatic rings. The molecule has 0 saturated carbocycles. The first kappa shape index (κ1) is 7.50. The minimum Gasteiger partial charge on any atom is -0.386 e. The normalized spacial score (nSPS) is 11.0. The summed E-state index contributed by atoms with van der Waals surface area (Å²) in [6, 6.07) is 0. The van der Waals surface area contributed by atoms with Gasteiger partial charge in [0.15, 0.2) is 0 Å². The van der Waals surface area contributed by atoms with E-state index in [-0.39, 0.29) is 0 Å². The Kier molecular flexibility index (Phi) is 4.36. The summed E-state index contributed by atoms with van der Waals surface area (Å²) in [5.74, 6) is 0.714. The first-order chi connectivity index (χ1) is 3.77. The molecule has 0 aliphatic carbocycles. The molecule has 8 heavy (non-hydrogen) atoms. The van der Waals surface area contributed by atoms with Gasteiger partial charge in [-0.15, -0.1) is 0 Å². The molecule has 0 aliphatic heterocycles. The van der Waals surface area contributed by atoms with Gasteiger partial charge in [-0.3, -0.25) is 0 Å². The minimum absolute atomic E-state index is 0.714. The van der Waals surface area contributed by atoms with Crippen molar-refractivity contribution in [3.05, 3.63) is 12.4 Å². The molecule has 0 aromatic carbocycles. The predicted octanol–water partition coefficient (Wildman–Crippen LogP) is -0.0549. The summed E-state index contributed by atoms with van der Waals surface area (Å²) in [7, 11) is 0. The highest BCUT2D eigenvalue weighted by Gasteiger charge is 1.86. The summed E-state index contributed by atoms with van der Waals surface area (Å²) >= 11 is 0. The molecule has 0 bridgehead atoms. The summed E-state index contributed by atoms with van der Waals surface area (Å²) in [5.41, 5.74) is 3.54. The van der Waals surface area contributed by atoms with Crippen LogP contribution in [0, 0.1) is 5.92 Å². The molecule has 0 amide bonds. The van der Waals surface area contributed by atoms with Gasteiger partial charge in [-0.25, -0.2) is 0 Å². The van der Waals surface area contributed by atoms with E-state index in [2.05, 4.69) is 24.9 Å². The zero-order valence-corrected chi connectivity index (χ0v) is 5.65. The Bertz CT molecular complexity index is 66.9. The van der Waals surface area contributed by atoms with Gasteiger partial charge in [-0.2, -0.15) is 0 Å². The van der Waals surface area contributed by atoms with Gasteiger partial charge in [-0.1, -0.05) is 13.8 Å². The van der Waals surface area contributed by atoms with E-state index < -0.39 is 0 Å². The number of nitrogens with one attached hydrogen (secondary N) is 1. The van der Waals surface area contributed by atoms with Crippen molar-refractivity contribution in [1.82, 2.24) is 5.32 Å². The second-order valence-electron chi connectivity index (χ2n) is 2.20. The molecule has 0 saturated heterocycles. The number of hydrogen-bond acceptors (Lipinski definition) is 1. The third kappa shape index (κ3) is 5.50. The average Bonchev–Trinajstić information content (AvgIpc) is 1.66. The van der Waals surface area contributed by atoms with E-state index in [4.69, 9.17) is 0 Å². The zero-order chi connectivity index (χ0) is 6.41. The van der Waals surface area contributed by atoms with Crippen LogP contribution < -0.4 is 11.1 Å². The first-order valence-corrected chi connectivity index (χ1v) is 2.95. The fraction of sp³-hybridized carbons (Fsp3) is 0.667. The van der Waals surface area contributed by atoms with E-state index in [1.165, 1.54) is 0 Å². The SMILES string of the molecule is CC(C)CN/C=C\[NH3+]. The maximum absolute atomic E-state index is 3.54. The molecule has 48 valence electrons. The Hall–Kier alpha value is -0.500. The molecular formula is C6H15N2+. The van der Waals surface area contributed by atoms with Crippen LogP contribution >= 0.6 is 0 Å². The number of hydrogen-bond donors (Lipinski definition) is 2. The Balaban J connectivity index is 2.93. The van der Waals surface area contributed by atoms with Gasteiger partial charge >= 0.3 is 0 Å². The van der Waals surface area contributed by atoms with Crippen LogP contribution in [0.3, 0.4) is 0 Å². The fourth-order valence-electron chi connectivity index (χ4n) is 0.387. The van der Waals surface area contributed by atoms with E-state index in [1.807, 2.05) is 6.20 Å². The van der Waals surface area contributed by atoms with Crippen molar-refractivity contribution in [1.29, 1.82) is 0 Å². The monoisotopic (exact) mass is 115 g/mol. The molecule has 0 unspecified atom stereocenters. The summed E-state index contributed by atoms with van der Waals surface area (Å²) < 4.78 is 0. The lowest BCUT2D eigenvalue weighted by Gasteiger charge is -2.00. The van der Waals surface area contributed by atoms with Crippen molar-refractivity contribution < 1.29 is 5.73 Å². The zero-order valence-electron chi connectivity index (χ0n) is 5.65. The van der Waals surface area contributed by atoms with Crippen molar-refractivity contribution in [3.63, 3.8) is 0 Å². The topological polar surface area (TPSA) is 39.7 Å². The van der Waals surface area contributed by atoms with E-state index in [0.717, 1.165) is 6.54 Å². The quantitative estimate of drug-likeness (QED) is 0.531. The molecule has 0 aromatic heterocycles. The maximum atomic E-state index is 3.54. The maximum Gasteiger partial charge on any atom is 0.107 e. The van der Waals surface area contributed by atoms with Gasteiger partial charge in [0.05, 0.1) is 6.20 Å². The molecule has 2 nitrogen and oxygen atoms in total. The standard InChI is InChI=1S/C6H14N2/c1-6(2)5-8-4-3-7/h3-4,6,8H,5,7H2,1-2H3/p+1/b4-3-. The largest absolute Gasteiger partial charge is 0.386 e. The van der Waals surface area contributed by atoms with Crippen molar-refractivity contribution in [2.24, 2.45) is 5.92 Å². The minimum atomic E-state index is 0.714. The van der Waals surface area contributed by atoms with Crippen molar-refractivity contribution in [2.75, 3.05) is 6.54 Å². The van der Waals surface area contributed by atoms with Crippen molar-refractivity contribution in [2.45, 2.75) is 13.8 Å². The average molecular weight is 115 g/mol. The Labute approximate surface area is 50.8 Å². The number of quaternary nitrogens is 1. The van der Waals surface area contributed by atoms with Gasteiger partial charge in [0.25, 0.3) is 0 Å². The van der Waals surface area contributed by atoms with Gasteiger partial charge in [0.1, 0.15) is 6.20 Å². The molecule has 0 rings (SSSR count). The van der Waals surface area contributed by atoms with Crippen molar-refractivity contribution >= 4 is 0 Å². The summed E-state index contributed by atoms with van der Waals surface area (Å²) in [4.78, 5) is 0. The highest BCUT2D eigenvalue weighted by molar-refractivity contribution is 4.67. The lowest BCUT2D eigenvalue weighted by atomic mass is 10.2. The second kappa shape index (κ2) is 4.65. The molecule has 2 heteroatoms. The van der Waals surface area contributed by atoms with Crippen LogP contribution in [-0.2, 0) is 0 Å². The first-order valence-electron chi connectivity index (χ1n) is 2.95. The Morgan fingerprint density at radius 3 is 2.62 bits per heavy atom. The lowest BCUT2D eigenvalue weighted by Crippen LogP contribution is -2.40. The highest BCUT2D eigenvalue weighted by atomic mass is 14.8. The summed E-state index contributed by atoms with van der Waals surface area (Å²) in [6.45, 7) is 5.37. The van der Waals surface area contributed by atoms with Crippen LogP contribution in [0.25, 0.3) is 0 Å². The number of rotatable bonds is 3. The molecular weight excluding hydrogens is 100 g/mol. The molecule has 0 aliphatic rings. The summed E-state index contributed by atoms with van der Waals surface area (Å²) in [6.07, 6.45) is 3.61. The van der Waals surface area contributed by atoms with Crippen LogP contribution in [0.1, 0.15) is 13.8 Å². The van der Waals surface area contributed by atoms with Crippen molar-refractivity contribution in [3.8, 4) is 0 Å². The lowest BCUT2D eigenvalue weighted by molar-refractivity contribution is -0.275. The van der Waals surface area contributed by atoms with E-state index in [0.29, 0.717) is 5.92 Å². The highest BCUT2D eigenvalue weighted by Crippen LogP contribution is 1.85. The van der Waals surface area contributed by atoms with Gasteiger partial charge in [-0.05, 0) is 5.92 Å². The third-order valence-electron chi connectivity index (χ3n) is 0.762. The van der Waals surface area contributed by atoms with E-state index >= 15 is 0 Å². The van der Waals surface area contributed by atoms with E-state index in [9.17, 15) is 0 Å². The molecule has 0 spiro atoms. The third-order valence-corrected chi connectivity index (χ3v) is 0.762. The van der Waals surface area contributed by atoms with Crippen LogP contribution in [0.2, 0.25) is 0 Å². The second-order valence-corrected chi connectivity index (χ2v) is 2.20. The smallest absolute Gasteiger partial charge is 0.107 e. The van der Waals surface area contributed by atoms with Gasteiger partial charge in [0.2, 0.25) is 0 Å². The molecule has 0 fully saturated rings. The molecule has 4 N–H and O–H groups in total. The van der Waals surface area contributed by atoms with E-state index in [1.54, 1.807) is 6.20 Å².